The van der Waals surface area contributed by atoms with Crippen LogP contribution in [0.5, 0.6) is 0 Å². The molecule has 13 heavy (non-hydrogen) atoms. The summed E-state index contributed by atoms with van der Waals surface area (Å²) in [5.74, 6) is 0.610. The average molecular weight is 187 g/mol. The molecule has 78 valence electrons. The summed E-state index contributed by atoms with van der Waals surface area (Å²) in [5.41, 5.74) is 5.29. The molecule has 0 aliphatic rings. The highest BCUT2D eigenvalue weighted by Crippen LogP contribution is 2.17. The van der Waals surface area contributed by atoms with Crippen LogP contribution in [0.4, 0.5) is 0 Å². The average Bonchev–Trinajstić information content (AvgIpc) is 2.02. The van der Waals surface area contributed by atoms with E-state index in [2.05, 4.69) is 13.8 Å². The molecular weight excluding hydrogens is 166 g/mol. The van der Waals surface area contributed by atoms with Crippen LogP contribution in [0, 0.1) is 11.8 Å². The Hall–Kier alpha value is -0.410. The van der Waals surface area contributed by atoms with Gasteiger partial charge in [0, 0.05) is 12.5 Å². The molecule has 0 radical (unpaired) electrons. The molecule has 0 aliphatic heterocycles. The van der Waals surface area contributed by atoms with Gasteiger partial charge in [0.1, 0.15) is 5.78 Å². The van der Waals surface area contributed by atoms with Crippen molar-refractivity contribution in [2.24, 2.45) is 17.6 Å². The summed E-state index contributed by atoms with van der Waals surface area (Å²) in [4.78, 5) is 11.2. The van der Waals surface area contributed by atoms with Crippen molar-refractivity contribution in [3.8, 4) is 0 Å². The summed E-state index contributed by atoms with van der Waals surface area (Å²) in [6, 6.07) is 0. The van der Waals surface area contributed by atoms with E-state index in [0.29, 0.717) is 12.3 Å². The van der Waals surface area contributed by atoms with E-state index >= 15 is 0 Å². The summed E-state index contributed by atoms with van der Waals surface area (Å²) in [5, 5.41) is 9.31. The maximum Gasteiger partial charge on any atom is 0.133 e. The second-order valence-electron chi connectivity index (χ2n) is 4.06. The summed E-state index contributed by atoms with van der Waals surface area (Å²) in [6.07, 6.45) is 0.809. The lowest BCUT2D eigenvalue weighted by molar-refractivity contribution is -0.122. The minimum Gasteiger partial charge on any atom is -0.392 e. The topological polar surface area (TPSA) is 63.3 Å². The molecule has 3 N–H and O–H groups in total. The Morgan fingerprint density at radius 2 is 1.92 bits per heavy atom. The van der Waals surface area contributed by atoms with Gasteiger partial charge in [-0.25, -0.2) is 0 Å². The monoisotopic (exact) mass is 187 g/mol. The summed E-state index contributed by atoms with van der Waals surface area (Å²) < 4.78 is 0. The molecule has 0 fully saturated rings. The first-order valence-electron chi connectivity index (χ1n) is 4.86. The van der Waals surface area contributed by atoms with Crippen molar-refractivity contribution in [3.05, 3.63) is 0 Å². The Morgan fingerprint density at radius 1 is 1.38 bits per heavy atom. The first-order valence-corrected chi connectivity index (χ1v) is 4.86. The number of carbonyl (C=O) groups excluding carboxylic acids is 1. The smallest absolute Gasteiger partial charge is 0.133 e. The van der Waals surface area contributed by atoms with Crippen LogP contribution < -0.4 is 5.73 Å². The van der Waals surface area contributed by atoms with E-state index in [1.807, 2.05) is 0 Å². The zero-order chi connectivity index (χ0) is 10.4. The molecule has 0 heterocycles. The Morgan fingerprint density at radius 3 is 2.23 bits per heavy atom. The predicted octanol–water partition coefficient (Wildman–Crippen LogP) is 0.947. The fourth-order valence-electron chi connectivity index (χ4n) is 1.42. The van der Waals surface area contributed by atoms with Crippen molar-refractivity contribution in [3.63, 3.8) is 0 Å². The van der Waals surface area contributed by atoms with Crippen molar-refractivity contribution >= 4 is 5.78 Å². The number of hydrogen-bond acceptors (Lipinski definition) is 3. The quantitative estimate of drug-likeness (QED) is 0.650. The number of Topliss-reactive ketones (excluding diaryl/α,β-unsaturated/α-hetero) is 1. The third-order valence-electron chi connectivity index (χ3n) is 2.16. The van der Waals surface area contributed by atoms with Crippen molar-refractivity contribution in [2.45, 2.75) is 39.7 Å². The van der Waals surface area contributed by atoms with Gasteiger partial charge in [0.15, 0.2) is 0 Å². The molecule has 2 atom stereocenters. The van der Waals surface area contributed by atoms with E-state index in [1.165, 1.54) is 0 Å². The molecule has 0 aliphatic carbocycles. The van der Waals surface area contributed by atoms with Crippen LogP contribution in [-0.2, 0) is 4.79 Å². The number of aliphatic hydroxyl groups excluding tert-OH is 1. The van der Waals surface area contributed by atoms with Crippen LogP contribution >= 0.6 is 0 Å². The van der Waals surface area contributed by atoms with Crippen LogP contribution in [0.1, 0.15) is 33.6 Å². The van der Waals surface area contributed by atoms with Crippen LogP contribution in [0.2, 0.25) is 0 Å². The van der Waals surface area contributed by atoms with Gasteiger partial charge in [-0.15, -0.1) is 0 Å². The second-order valence-corrected chi connectivity index (χ2v) is 4.06. The number of carbonyl (C=O) groups is 1. The Kier molecular flexibility index (Phi) is 5.91. The van der Waals surface area contributed by atoms with Gasteiger partial charge in [-0.2, -0.15) is 0 Å². The largest absolute Gasteiger partial charge is 0.392 e. The van der Waals surface area contributed by atoms with Crippen LogP contribution in [0.3, 0.4) is 0 Å². The molecule has 0 aromatic rings. The van der Waals surface area contributed by atoms with Gasteiger partial charge >= 0.3 is 0 Å². The van der Waals surface area contributed by atoms with Crippen molar-refractivity contribution in [2.75, 3.05) is 6.54 Å². The molecule has 0 saturated heterocycles. The van der Waals surface area contributed by atoms with E-state index in [9.17, 15) is 9.90 Å². The van der Waals surface area contributed by atoms with Crippen molar-refractivity contribution < 1.29 is 9.90 Å². The zero-order valence-corrected chi connectivity index (χ0v) is 8.79. The molecule has 0 spiro atoms. The van der Waals surface area contributed by atoms with Gasteiger partial charge in [-0.05, 0) is 25.7 Å². The molecular formula is C10H21NO2. The zero-order valence-electron chi connectivity index (χ0n) is 8.79. The lowest BCUT2D eigenvalue weighted by Gasteiger charge is -2.18. The Labute approximate surface area is 80.3 Å². The van der Waals surface area contributed by atoms with Gasteiger partial charge in [-0.3, -0.25) is 4.79 Å². The van der Waals surface area contributed by atoms with E-state index < -0.39 is 6.10 Å². The van der Waals surface area contributed by atoms with Gasteiger partial charge in [0.05, 0.1) is 6.10 Å². The molecule has 0 saturated carbocycles. The molecule has 3 nitrogen and oxygen atoms in total. The van der Waals surface area contributed by atoms with Gasteiger partial charge < -0.3 is 10.8 Å². The molecule has 0 aromatic heterocycles. The standard InChI is InChI=1S/C10H21NO2/c1-7(2)4-9(8(3)12)5-10(13)6-11/h7,9-10,13H,4-6,11H2,1-3H3/t9?,10-/m0/s1. The molecule has 0 amide bonds. The Bertz CT molecular complexity index is 157. The lowest BCUT2D eigenvalue weighted by Crippen LogP contribution is -2.26. The first kappa shape index (κ1) is 12.6. The first-order chi connectivity index (χ1) is 5.97. The van der Waals surface area contributed by atoms with Gasteiger partial charge in [0.25, 0.3) is 0 Å². The molecule has 3 heteroatoms. The third kappa shape index (κ3) is 5.77. The fourth-order valence-corrected chi connectivity index (χ4v) is 1.42. The second kappa shape index (κ2) is 6.11. The number of aliphatic hydroxyl groups is 1. The predicted molar refractivity (Wildman–Crippen MR) is 53.3 cm³/mol. The van der Waals surface area contributed by atoms with Crippen molar-refractivity contribution in [1.82, 2.24) is 0 Å². The molecule has 0 rings (SSSR count). The van der Waals surface area contributed by atoms with Crippen molar-refractivity contribution in [1.29, 1.82) is 0 Å². The number of hydrogen-bond donors (Lipinski definition) is 2. The molecule has 0 bridgehead atoms. The van der Waals surface area contributed by atoms with Gasteiger partial charge in [-0.1, -0.05) is 13.8 Å². The SMILES string of the molecule is CC(=O)C(CC(C)C)C[C@H](O)CN. The summed E-state index contributed by atoms with van der Waals surface area (Å²) >= 11 is 0. The van der Waals surface area contributed by atoms with E-state index in [-0.39, 0.29) is 18.2 Å². The molecule has 1 unspecified atom stereocenters. The summed E-state index contributed by atoms with van der Waals surface area (Å²) in [7, 11) is 0. The van der Waals surface area contributed by atoms with Crippen LogP contribution in [0.15, 0.2) is 0 Å². The maximum absolute atomic E-state index is 11.2. The van der Waals surface area contributed by atoms with E-state index in [4.69, 9.17) is 5.73 Å². The lowest BCUT2D eigenvalue weighted by atomic mass is 9.89. The Balaban J connectivity index is 4.02. The maximum atomic E-state index is 11.2. The minimum absolute atomic E-state index is 0.0291. The van der Waals surface area contributed by atoms with E-state index in [0.717, 1.165) is 6.42 Å². The fraction of sp³-hybridized carbons (Fsp3) is 0.900. The number of rotatable bonds is 6. The minimum atomic E-state index is -0.535. The normalized spacial score (nSPS) is 15.8. The number of ketones is 1. The van der Waals surface area contributed by atoms with Gasteiger partial charge in [0.2, 0.25) is 0 Å². The number of nitrogens with two attached hydrogens (primary N) is 1. The van der Waals surface area contributed by atoms with E-state index in [1.54, 1.807) is 6.92 Å². The highest BCUT2D eigenvalue weighted by atomic mass is 16.3. The van der Waals surface area contributed by atoms with Crippen LogP contribution in [0.25, 0.3) is 0 Å². The van der Waals surface area contributed by atoms with Crippen LogP contribution in [-0.4, -0.2) is 23.5 Å². The third-order valence-corrected chi connectivity index (χ3v) is 2.16. The highest BCUT2D eigenvalue weighted by molar-refractivity contribution is 5.78. The molecule has 0 aromatic carbocycles. The highest BCUT2D eigenvalue weighted by Gasteiger charge is 2.18. The summed E-state index contributed by atoms with van der Waals surface area (Å²) in [6.45, 7) is 5.97.